The molecule has 0 aromatic carbocycles. The van der Waals surface area contributed by atoms with Gasteiger partial charge in [0, 0.05) is 32.2 Å². The smallest absolute Gasteiger partial charge is 0.318 e. The minimum Gasteiger partial charge on any atom is -0.402 e. The number of hydrogen-bond acceptors (Lipinski definition) is 6. The van der Waals surface area contributed by atoms with Gasteiger partial charge in [0.25, 0.3) is 5.89 Å². The number of fused-ring (bicyclic) bond motifs is 4. The number of anilines is 1. The molecule has 20 heavy (non-hydrogen) atoms. The maximum atomic E-state index is 5.90. The van der Waals surface area contributed by atoms with E-state index in [4.69, 9.17) is 4.42 Å². The predicted octanol–water partition coefficient (Wildman–Crippen LogP) is 2.85. The average molecular weight is 355 g/mol. The van der Waals surface area contributed by atoms with Crippen molar-refractivity contribution in [3.63, 3.8) is 0 Å². The van der Waals surface area contributed by atoms with Crippen molar-refractivity contribution in [1.82, 2.24) is 15.1 Å². The van der Waals surface area contributed by atoms with Crippen LogP contribution in [0.2, 0.25) is 0 Å². The molecule has 0 unspecified atom stereocenters. The van der Waals surface area contributed by atoms with Crippen LogP contribution in [-0.2, 0) is 0 Å². The van der Waals surface area contributed by atoms with E-state index in [9.17, 15) is 0 Å². The Hall–Kier alpha value is -0.920. The summed E-state index contributed by atoms with van der Waals surface area (Å²) in [7, 11) is 0. The van der Waals surface area contributed by atoms with E-state index < -0.39 is 0 Å². The number of hydrogen-bond donors (Lipinski definition) is 0. The summed E-state index contributed by atoms with van der Waals surface area (Å²) in [6, 6.07) is 5.24. The van der Waals surface area contributed by atoms with E-state index in [2.05, 4.69) is 35.9 Å². The first kappa shape index (κ1) is 12.8. The van der Waals surface area contributed by atoms with Crippen LogP contribution in [0.5, 0.6) is 0 Å². The zero-order valence-electron chi connectivity index (χ0n) is 11.0. The first-order valence-electron chi connectivity index (χ1n) is 6.88. The molecular formula is C13H15BrN4OS. The number of nitrogens with zero attached hydrogens (tertiary/aromatic N) is 4. The molecule has 0 N–H and O–H groups in total. The number of halogens is 1. The SMILES string of the molecule is Brc1ccc(-c2nnc(N3CCN4CCC3CC4)o2)s1. The summed E-state index contributed by atoms with van der Waals surface area (Å²) < 4.78 is 6.98. The lowest BCUT2D eigenvalue weighted by atomic mass is 10.1. The molecule has 0 aliphatic carbocycles. The molecule has 5 nitrogen and oxygen atoms in total. The van der Waals surface area contributed by atoms with Crippen molar-refractivity contribution < 1.29 is 4.42 Å². The standard InChI is InChI=1S/C13H15BrN4OS/c14-11-2-1-10(20-11)12-15-16-13(19-12)18-8-7-17-5-3-9(18)4-6-17/h1-2,9H,3-8H2. The van der Waals surface area contributed by atoms with Crippen LogP contribution in [0.3, 0.4) is 0 Å². The number of aromatic nitrogens is 2. The largest absolute Gasteiger partial charge is 0.402 e. The van der Waals surface area contributed by atoms with Gasteiger partial charge in [-0.1, -0.05) is 5.10 Å². The Balaban J connectivity index is 1.61. The second-order valence-electron chi connectivity index (χ2n) is 5.26. The van der Waals surface area contributed by atoms with Gasteiger partial charge in [0.15, 0.2) is 0 Å². The Kier molecular flexibility index (Phi) is 3.28. The molecule has 2 bridgehead atoms. The summed E-state index contributed by atoms with van der Waals surface area (Å²) in [4.78, 5) is 5.83. The fourth-order valence-corrected chi connectivity index (χ4v) is 4.31. The Morgan fingerprint density at radius 1 is 1.15 bits per heavy atom. The van der Waals surface area contributed by atoms with Gasteiger partial charge in [-0.3, -0.25) is 0 Å². The van der Waals surface area contributed by atoms with Gasteiger partial charge < -0.3 is 14.2 Å². The third-order valence-corrected chi connectivity index (χ3v) is 5.71. The summed E-state index contributed by atoms with van der Waals surface area (Å²) in [6.07, 6.45) is 2.39. The topological polar surface area (TPSA) is 45.4 Å². The third kappa shape index (κ3) is 2.27. The molecule has 106 valence electrons. The summed E-state index contributed by atoms with van der Waals surface area (Å²) in [5.74, 6) is 0.620. The summed E-state index contributed by atoms with van der Waals surface area (Å²) >= 11 is 5.08. The van der Waals surface area contributed by atoms with Crippen LogP contribution in [0.1, 0.15) is 12.8 Å². The molecule has 5 rings (SSSR count). The van der Waals surface area contributed by atoms with Gasteiger partial charge in [-0.25, -0.2) is 0 Å². The number of rotatable bonds is 2. The molecule has 3 aliphatic heterocycles. The molecule has 3 saturated heterocycles. The molecule has 0 spiro atoms. The molecule has 0 saturated carbocycles. The Morgan fingerprint density at radius 2 is 2.00 bits per heavy atom. The minimum absolute atomic E-state index is 0.553. The van der Waals surface area contributed by atoms with Crippen molar-refractivity contribution in [1.29, 1.82) is 0 Å². The van der Waals surface area contributed by atoms with Gasteiger partial charge >= 0.3 is 6.01 Å². The lowest BCUT2D eigenvalue weighted by molar-refractivity contribution is 0.249. The summed E-state index contributed by atoms with van der Waals surface area (Å²) in [6.45, 7) is 4.47. The summed E-state index contributed by atoms with van der Waals surface area (Å²) in [5.41, 5.74) is 0. The lowest BCUT2D eigenvalue weighted by Crippen LogP contribution is -2.38. The Labute approximate surface area is 129 Å². The monoisotopic (exact) mass is 354 g/mol. The van der Waals surface area contributed by atoms with Crippen LogP contribution >= 0.6 is 27.3 Å². The Morgan fingerprint density at radius 3 is 2.75 bits per heavy atom. The summed E-state index contributed by atoms with van der Waals surface area (Å²) in [5, 5.41) is 8.47. The normalized spacial score (nSPS) is 25.9. The maximum absolute atomic E-state index is 5.90. The highest BCUT2D eigenvalue weighted by Crippen LogP contribution is 2.33. The van der Waals surface area contributed by atoms with Gasteiger partial charge in [-0.05, 0) is 40.9 Å². The average Bonchev–Trinajstić information content (AvgIpc) is 3.01. The first-order chi connectivity index (χ1) is 9.79. The van der Waals surface area contributed by atoms with Crippen LogP contribution in [0.15, 0.2) is 20.3 Å². The molecule has 2 aromatic heterocycles. The molecule has 3 fully saturated rings. The highest BCUT2D eigenvalue weighted by atomic mass is 79.9. The van der Waals surface area contributed by atoms with Gasteiger partial charge in [-0.2, -0.15) is 0 Å². The lowest BCUT2D eigenvalue weighted by Gasteiger charge is -2.29. The third-order valence-electron chi connectivity index (χ3n) is 4.10. The van der Waals surface area contributed by atoms with Crippen molar-refractivity contribution in [2.75, 3.05) is 31.1 Å². The van der Waals surface area contributed by atoms with Gasteiger partial charge in [0.2, 0.25) is 0 Å². The van der Waals surface area contributed by atoms with E-state index in [0.717, 1.165) is 21.8 Å². The second kappa shape index (κ2) is 5.13. The zero-order valence-corrected chi connectivity index (χ0v) is 13.4. The van der Waals surface area contributed by atoms with Crippen molar-refractivity contribution in [3.05, 3.63) is 15.9 Å². The van der Waals surface area contributed by atoms with Crippen molar-refractivity contribution in [2.24, 2.45) is 0 Å². The molecule has 0 atom stereocenters. The predicted molar refractivity (Wildman–Crippen MR) is 82.1 cm³/mol. The maximum Gasteiger partial charge on any atom is 0.318 e. The van der Waals surface area contributed by atoms with Crippen LogP contribution in [-0.4, -0.2) is 47.3 Å². The van der Waals surface area contributed by atoms with E-state index in [1.165, 1.54) is 25.9 Å². The van der Waals surface area contributed by atoms with Crippen LogP contribution in [0.25, 0.3) is 10.8 Å². The fraction of sp³-hybridized carbons (Fsp3) is 0.538. The van der Waals surface area contributed by atoms with E-state index in [1.54, 1.807) is 11.3 Å². The van der Waals surface area contributed by atoms with E-state index in [0.29, 0.717) is 17.9 Å². The number of piperidine rings is 1. The molecule has 3 aliphatic rings. The van der Waals surface area contributed by atoms with Crippen LogP contribution < -0.4 is 4.90 Å². The van der Waals surface area contributed by atoms with Gasteiger partial charge in [0.1, 0.15) is 0 Å². The molecule has 2 aromatic rings. The van der Waals surface area contributed by atoms with Crippen molar-refractivity contribution in [3.8, 4) is 10.8 Å². The van der Waals surface area contributed by atoms with E-state index in [1.807, 2.05) is 12.1 Å². The molecular weight excluding hydrogens is 340 g/mol. The molecule has 0 amide bonds. The Bertz CT molecular complexity index is 605. The zero-order chi connectivity index (χ0) is 13.5. The first-order valence-corrected chi connectivity index (χ1v) is 8.49. The highest BCUT2D eigenvalue weighted by Gasteiger charge is 2.31. The minimum atomic E-state index is 0.553. The van der Waals surface area contributed by atoms with Gasteiger partial charge in [-0.15, -0.1) is 16.4 Å². The van der Waals surface area contributed by atoms with E-state index >= 15 is 0 Å². The fourth-order valence-electron chi connectivity index (χ4n) is 3.00. The molecule has 5 heterocycles. The highest BCUT2D eigenvalue weighted by molar-refractivity contribution is 9.11. The molecule has 7 heteroatoms. The van der Waals surface area contributed by atoms with Crippen LogP contribution in [0, 0.1) is 0 Å². The van der Waals surface area contributed by atoms with Crippen molar-refractivity contribution >= 4 is 33.3 Å². The quantitative estimate of drug-likeness (QED) is 0.829. The van der Waals surface area contributed by atoms with Gasteiger partial charge in [0.05, 0.1) is 8.66 Å². The van der Waals surface area contributed by atoms with Crippen molar-refractivity contribution in [2.45, 2.75) is 18.9 Å². The molecule has 0 radical (unpaired) electrons. The van der Waals surface area contributed by atoms with Crippen LogP contribution in [0.4, 0.5) is 6.01 Å². The second-order valence-corrected chi connectivity index (χ2v) is 7.72. The number of thiophene rings is 1. The van der Waals surface area contributed by atoms with E-state index in [-0.39, 0.29) is 0 Å².